The molecule has 1 N–H and O–H groups in total. The van der Waals surface area contributed by atoms with Gasteiger partial charge in [0.15, 0.2) is 0 Å². The highest BCUT2D eigenvalue weighted by molar-refractivity contribution is 7.10. The van der Waals surface area contributed by atoms with Gasteiger partial charge in [0, 0.05) is 10.9 Å². The summed E-state index contributed by atoms with van der Waals surface area (Å²) in [7, 11) is 0. The molecule has 2 heteroatoms. The third-order valence-electron chi connectivity index (χ3n) is 1.64. The average Bonchev–Trinajstić information content (AvgIpc) is 2.56. The van der Waals surface area contributed by atoms with Crippen molar-refractivity contribution in [3.05, 3.63) is 22.4 Å². The molecule has 12 heavy (non-hydrogen) atoms. The van der Waals surface area contributed by atoms with Gasteiger partial charge in [-0.05, 0) is 25.3 Å². The SMILES string of the molecule is CC#CCN[C@H](C)c1cccs1. The minimum Gasteiger partial charge on any atom is -0.299 e. The Morgan fingerprint density at radius 2 is 2.50 bits per heavy atom. The molecule has 1 aromatic rings. The van der Waals surface area contributed by atoms with E-state index in [0.717, 1.165) is 6.54 Å². The zero-order chi connectivity index (χ0) is 8.81. The van der Waals surface area contributed by atoms with Crippen molar-refractivity contribution in [3.8, 4) is 11.8 Å². The molecule has 64 valence electrons. The fraction of sp³-hybridized carbons (Fsp3) is 0.400. The lowest BCUT2D eigenvalue weighted by Gasteiger charge is -2.08. The van der Waals surface area contributed by atoms with Crippen molar-refractivity contribution in [2.24, 2.45) is 0 Å². The summed E-state index contributed by atoms with van der Waals surface area (Å²) in [6.07, 6.45) is 0. The maximum Gasteiger partial charge on any atom is 0.0581 e. The predicted octanol–water partition coefficient (Wildman–Crippen LogP) is 2.42. The van der Waals surface area contributed by atoms with Gasteiger partial charge in [-0.1, -0.05) is 12.0 Å². The van der Waals surface area contributed by atoms with Crippen LogP contribution < -0.4 is 5.32 Å². The Morgan fingerprint density at radius 3 is 3.08 bits per heavy atom. The molecule has 0 fully saturated rings. The highest BCUT2D eigenvalue weighted by Crippen LogP contribution is 2.17. The van der Waals surface area contributed by atoms with Gasteiger partial charge in [-0.2, -0.15) is 0 Å². The second-order valence-electron chi connectivity index (χ2n) is 2.54. The van der Waals surface area contributed by atoms with E-state index in [1.54, 1.807) is 11.3 Å². The third kappa shape index (κ3) is 2.69. The first-order chi connectivity index (χ1) is 5.84. The molecule has 0 amide bonds. The van der Waals surface area contributed by atoms with E-state index in [-0.39, 0.29) is 0 Å². The van der Waals surface area contributed by atoms with Crippen LogP contribution in [0.3, 0.4) is 0 Å². The monoisotopic (exact) mass is 179 g/mol. The first-order valence-corrected chi connectivity index (χ1v) is 4.89. The number of thiophene rings is 1. The summed E-state index contributed by atoms with van der Waals surface area (Å²) < 4.78 is 0. The standard InChI is InChI=1S/C10H13NS/c1-3-4-7-11-9(2)10-6-5-8-12-10/h5-6,8-9,11H,7H2,1-2H3/t9-/m1/s1. The Bertz CT molecular complexity index is 266. The molecule has 0 bridgehead atoms. The molecule has 1 aromatic heterocycles. The van der Waals surface area contributed by atoms with Crippen LogP contribution in [-0.4, -0.2) is 6.54 Å². The van der Waals surface area contributed by atoms with Gasteiger partial charge in [-0.25, -0.2) is 0 Å². The quantitative estimate of drug-likeness (QED) is 0.703. The molecule has 0 saturated carbocycles. The first-order valence-electron chi connectivity index (χ1n) is 4.01. The number of hydrogen-bond acceptors (Lipinski definition) is 2. The van der Waals surface area contributed by atoms with Crippen LogP contribution in [0.2, 0.25) is 0 Å². The molecule has 1 nitrogen and oxygen atoms in total. The van der Waals surface area contributed by atoms with Crippen LogP contribution in [0.1, 0.15) is 24.8 Å². The normalized spacial score (nSPS) is 11.8. The number of nitrogens with one attached hydrogen (secondary N) is 1. The predicted molar refractivity (Wildman–Crippen MR) is 54.2 cm³/mol. The number of rotatable bonds is 3. The van der Waals surface area contributed by atoms with Crippen LogP contribution in [0.5, 0.6) is 0 Å². The largest absolute Gasteiger partial charge is 0.299 e. The molecule has 0 aliphatic carbocycles. The summed E-state index contributed by atoms with van der Waals surface area (Å²) in [5.41, 5.74) is 0. The summed E-state index contributed by atoms with van der Waals surface area (Å²) in [4.78, 5) is 1.37. The molecular formula is C10H13NS. The third-order valence-corrected chi connectivity index (χ3v) is 2.70. The van der Waals surface area contributed by atoms with Gasteiger partial charge in [-0.15, -0.1) is 17.3 Å². The van der Waals surface area contributed by atoms with Crippen molar-refractivity contribution in [2.75, 3.05) is 6.54 Å². The Hall–Kier alpha value is -0.780. The molecule has 0 unspecified atom stereocenters. The highest BCUT2D eigenvalue weighted by Gasteiger charge is 2.02. The van der Waals surface area contributed by atoms with Crippen LogP contribution in [-0.2, 0) is 0 Å². The van der Waals surface area contributed by atoms with Gasteiger partial charge in [0.1, 0.15) is 0 Å². The Morgan fingerprint density at radius 1 is 1.67 bits per heavy atom. The van der Waals surface area contributed by atoms with Crippen LogP contribution in [0, 0.1) is 11.8 Å². The first kappa shape index (κ1) is 9.31. The summed E-state index contributed by atoms with van der Waals surface area (Å²) in [5, 5.41) is 5.42. The van der Waals surface area contributed by atoms with E-state index in [4.69, 9.17) is 0 Å². The van der Waals surface area contributed by atoms with Gasteiger partial charge >= 0.3 is 0 Å². The van der Waals surface area contributed by atoms with E-state index < -0.39 is 0 Å². The van der Waals surface area contributed by atoms with Crippen LogP contribution in [0.15, 0.2) is 17.5 Å². The van der Waals surface area contributed by atoms with Crippen LogP contribution in [0.25, 0.3) is 0 Å². The minimum atomic E-state index is 0.422. The summed E-state index contributed by atoms with van der Waals surface area (Å²) in [5.74, 6) is 5.84. The van der Waals surface area contributed by atoms with E-state index in [1.165, 1.54) is 4.88 Å². The molecule has 0 spiro atoms. The maximum absolute atomic E-state index is 3.32. The van der Waals surface area contributed by atoms with Crippen molar-refractivity contribution in [1.82, 2.24) is 5.32 Å². The molecule has 0 radical (unpaired) electrons. The second kappa shape index (κ2) is 4.97. The van der Waals surface area contributed by atoms with Crippen molar-refractivity contribution in [1.29, 1.82) is 0 Å². The van der Waals surface area contributed by atoms with E-state index in [2.05, 4.69) is 41.6 Å². The van der Waals surface area contributed by atoms with Crippen LogP contribution in [0.4, 0.5) is 0 Å². The highest BCUT2D eigenvalue weighted by atomic mass is 32.1. The lowest BCUT2D eigenvalue weighted by Crippen LogP contribution is -2.17. The molecule has 0 saturated heterocycles. The van der Waals surface area contributed by atoms with Gasteiger partial charge in [-0.3, -0.25) is 5.32 Å². The van der Waals surface area contributed by atoms with Crippen molar-refractivity contribution < 1.29 is 0 Å². The van der Waals surface area contributed by atoms with Gasteiger partial charge in [0.2, 0.25) is 0 Å². The summed E-state index contributed by atoms with van der Waals surface area (Å²) >= 11 is 1.78. The lowest BCUT2D eigenvalue weighted by molar-refractivity contribution is 0.633. The molecule has 0 aliphatic heterocycles. The zero-order valence-electron chi connectivity index (χ0n) is 7.42. The van der Waals surface area contributed by atoms with Crippen molar-refractivity contribution in [3.63, 3.8) is 0 Å². The van der Waals surface area contributed by atoms with Gasteiger partial charge in [0.05, 0.1) is 6.54 Å². The minimum absolute atomic E-state index is 0.422. The summed E-state index contributed by atoms with van der Waals surface area (Å²) in [6, 6.07) is 4.64. The second-order valence-corrected chi connectivity index (χ2v) is 3.52. The van der Waals surface area contributed by atoms with E-state index >= 15 is 0 Å². The number of hydrogen-bond donors (Lipinski definition) is 1. The van der Waals surface area contributed by atoms with Gasteiger partial charge in [0.25, 0.3) is 0 Å². The molecule has 1 rings (SSSR count). The smallest absolute Gasteiger partial charge is 0.0581 e. The Labute approximate surface area is 77.8 Å². The fourth-order valence-corrected chi connectivity index (χ4v) is 1.69. The molecule has 1 heterocycles. The topological polar surface area (TPSA) is 12.0 Å². The van der Waals surface area contributed by atoms with E-state index in [1.807, 2.05) is 6.92 Å². The van der Waals surface area contributed by atoms with Gasteiger partial charge < -0.3 is 0 Å². The molecule has 0 aliphatic rings. The zero-order valence-corrected chi connectivity index (χ0v) is 8.24. The molecule has 1 atom stereocenters. The van der Waals surface area contributed by atoms with Crippen molar-refractivity contribution >= 4 is 11.3 Å². The van der Waals surface area contributed by atoms with E-state index in [0.29, 0.717) is 6.04 Å². The van der Waals surface area contributed by atoms with Crippen LogP contribution >= 0.6 is 11.3 Å². The van der Waals surface area contributed by atoms with Crippen molar-refractivity contribution in [2.45, 2.75) is 19.9 Å². The molecular weight excluding hydrogens is 166 g/mol. The lowest BCUT2D eigenvalue weighted by atomic mass is 10.3. The average molecular weight is 179 g/mol. The molecule has 0 aromatic carbocycles. The maximum atomic E-state index is 3.32. The Kier molecular flexibility index (Phi) is 3.86. The Balaban J connectivity index is 2.37. The summed E-state index contributed by atoms with van der Waals surface area (Å²) in [6.45, 7) is 4.79. The fourth-order valence-electron chi connectivity index (χ4n) is 0.931. The van der Waals surface area contributed by atoms with E-state index in [9.17, 15) is 0 Å².